The molecule has 5 heteroatoms. The number of carbonyl (C=O) groups excluding carboxylic acids is 2. The number of nitrogens with zero attached hydrogens (tertiary/aromatic N) is 3. The first kappa shape index (κ1) is 19.8. The molecular formula is C20H33N3O2. The second kappa shape index (κ2) is 8.24. The minimum Gasteiger partial charge on any atom is -0.299 e. The summed E-state index contributed by atoms with van der Waals surface area (Å²) in [7, 11) is 0. The predicted octanol–water partition coefficient (Wildman–Crippen LogP) is 4.15. The number of rotatable bonds is 2. The minimum absolute atomic E-state index is 0.192. The SMILES string of the molecule is CC[C@@]1(C)CCCCn2nncc2CCC[C@@](C)(C(C)=O)CCC1=O. The molecule has 1 aliphatic rings. The maximum Gasteiger partial charge on any atom is 0.138 e. The van der Waals surface area contributed by atoms with Crippen LogP contribution in [0.25, 0.3) is 0 Å². The standard InChI is InChI=1S/C20H33N3O2/c1-5-19(3)11-6-7-14-23-17(15-21-22-23)9-8-12-20(4,16(2)24)13-10-18(19)25/h15H,5-14H2,1-4H3/t19-,20+/m0/s1. The maximum absolute atomic E-state index is 12.9. The normalized spacial score (nSPS) is 29.7. The Balaban J connectivity index is 2.21. The Hall–Kier alpha value is -1.52. The van der Waals surface area contributed by atoms with Crippen LogP contribution in [0.4, 0.5) is 0 Å². The summed E-state index contributed by atoms with van der Waals surface area (Å²) in [6.45, 7) is 8.73. The molecule has 5 nitrogen and oxygen atoms in total. The van der Waals surface area contributed by atoms with Crippen molar-refractivity contribution in [3.63, 3.8) is 0 Å². The Morgan fingerprint density at radius 1 is 1.16 bits per heavy atom. The molecule has 25 heavy (non-hydrogen) atoms. The molecule has 0 radical (unpaired) electrons. The Bertz CT molecular complexity index is 610. The van der Waals surface area contributed by atoms with E-state index in [1.54, 1.807) is 6.92 Å². The van der Waals surface area contributed by atoms with Crippen LogP contribution in [0, 0.1) is 10.8 Å². The van der Waals surface area contributed by atoms with E-state index in [-0.39, 0.29) is 11.2 Å². The lowest BCUT2D eigenvalue weighted by molar-refractivity contribution is -0.131. The van der Waals surface area contributed by atoms with Crippen molar-refractivity contribution in [1.29, 1.82) is 0 Å². The maximum atomic E-state index is 12.9. The zero-order valence-electron chi connectivity index (χ0n) is 16.3. The van der Waals surface area contributed by atoms with Gasteiger partial charge in [-0.15, -0.1) is 5.10 Å². The number of carbonyl (C=O) groups is 2. The third-order valence-electron chi connectivity index (χ3n) is 6.42. The summed E-state index contributed by atoms with van der Waals surface area (Å²) in [4.78, 5) is 25.1. The molecule has 0 aromatic carbocycles. The Labute approximate surface area is 151 Å². The van der Waals surface area contributed by atoms with E-state index >= 15 is 0 Å². The van der Waals surface area contributed by atoms with Gasteiger partial charge in [0.25, 0.3) is 0 Å². The van der Waals surface area contributed by atoms with Crippen LogP contribution in [0.5, 0.6) is 0 Å². The smallest absolute Gasteiger partial charge is 0.138 e. The lowest BCUT2D eigenvalue weighted by Crippen LogP contribution is -2.32. The largest absolute Gasteiger partial charge is 0.299 e. The van der Waals surface area contributed by atoms with Crippen LogP contribution in [0.15, 0.2) is 6.20 Å². The number of ketones is 2. The number of fused-ring (bicyclic) bond motifs is 1. The van der Waals surface area contributed by atoms with Crippen molar-refractivity contribution < 1.29 is 9.59 Å². The molecule has 2 atom stereocenters. The van der Waals surface area contributed by atoms with E-state index in [0.717, 1.165) is 57.2 Å². The highest BCUT2D eigenvalue weighted by Crippen LogP contribution is 2.36. The van der Waals surface area contributed by atoms with Crippen LogP contribution in [-0.4, -0.2) is 26.6 Å². The monoisotopic (exact) mass is 347 g/mol. The van der Waals surface area contributed by atoms with Gasteiger partial charge in [-0.05, 0) is 51.9 Å². The van der Waals surface area contributed by atoms with Gasteiger partial charge in [0.15, 0.2) is 0 Å². The lowest BCUT2D eigenvalue weighted by Gasteiger charge is -2.31. The van der Waals surface area contributed by atoms with E-state index in [0.29, 0.717) is 18.6 Å². The quantitative estimate of drug-likeness (QED) is 0.806. The highest BCUT2D eigenvalue weighted by Gasteiger charge is 2.35. The third kappa shape index (κ3) is 4.77. The fourth-order valence-electron chi connectivity index (χ4n) is 3.78. The van der Waals surface area contributed by atoms with Crippen molar-refractivity contribution in [2.24, 2.45) is 10.8 Å². The van der Waals surface area contributed by atoms with Gasteiger partial charge in [-0.1, -0.05) is 32.4 Å². The van der Waals surface area contributed by atoms with E-state index in [1.807, 2.05) is 17.8 Å². The average molecular weight is 348 g/mol. The molecule has 0 N–H and O–H groups in total. The molecule has 0 saturated carbocycles. The molecule has 0 unspecified atom stereocenters. The predicted molar refractivity (Wildman–Crippen MR) is 98.2 cm³/mol. The number of aromatic nitrogens is 3. The van der Waals surface area contributed by atoms with Gasteiger partial charge in [-0.3, -0.25) is 9.59 Å². The van der Waals surface area contributed by atoms with Gasteiger partial charge >= 0.3 is 0 Å². The molecule has 1 aromatic rings. The highest BCUT2D eigenvalue weighted by molar-refractivity contribution is 5.86. The summed E-state index contributed by atoms with van der Waals surface area (Å²) in [6.07, 6.45) is 9.43. The van der Waals surface area contributed by atoms with Crippen LogP contribution in [-0.2, 0) is 22.6 Å². The molecule has 2 rings (SSSR count). The molecule has 0 fully saturated rings. The van der Waals surface area contributed by atoms with Gasteiger partial charge < -0.3 is 0 Å². The summed E-state index contributed by atoms with van der Waals surface area (Å²) in [5, 5.41) is 8.25. The van der Waals surface area contributed by atoms with Crippen LogP contribution >= 0.6 is 0 Å². The van der Waals surface area contributed by atoms with Crippen molar-refractivity contribution in [2.75, 3.05) is 0 Å². The number of Topliss-reactive ketones (excluding diaryl/α,β-unsaturated/α-hetero) is 2. The first-order valence-corrected chi connectivity index (χ1v) is 9.72. The van der Waals surface area contributed by atoms with Crippen molar-refractivity contribution in [3.8, 4) is 0 Å². The van der Waals surface area contributed by atoms with Gasteiger partial charge in [-0.2, -0.15) is 0 Å². The number of hydrogen-bond donors (Lipinski definition) is 0. The summed E-state index contributed by atoms with van der Waals surface area (Å²) in [5.74, 6) is 0.512. The third-order valence-corrected chi connectivity index (χ3v) is 6.42. The van der Waals surface area contributed by atoms with Gasteiger partial charge in [-0.25, -0.2) is 4.68 Å². The van der Waals surface area contributed by atoms with E-state index in [9.17, 15) is 9.59 Å². The summed E-state index contributed by atoms with van der Waals surface area (Å²) >= 11 is 0. The van der Waals surface area contributed by atoms with Gasteiger partial charge in [0.1, 0.15) is 11.6 Å². The Kier molecular flexibility index (Phi) is 6.53. The van der Waals surface area contributed by atoms with Crippen LogP contribution < -0.4 is 0 Å². The second-order valence-electron chi connectivity index (χ2n) is 8.21. The molecule has 0 bridgehead atoms. The van der Waals surface area contributed by atoms with E-state index in [2.05, 4.69) is 24.2 Å². The molecule has 1 aromatic heterocycles. The molecule has 1 aliphatic heterocycles. The van der Waals surface area contributed by atoms with Gasteiger partial charge in [0, 0.05) is 23.8 Å². The first-order chi connectivity index (χ1) is 11.8. The molecule has 0 saturated heterocycles. The lowest BCUT2D eigenvalue weighted by atomic mass is 9.72. The molecule has 2 heterocycles. The fraction of sp³-hybridized carbons (Fsp3) is 0.800. The molecular weight excluding hydrogens is 314 g/mol. The van der Waals surface area contributed by atoms with Crippen molar-refractivity contribution in [1.82, 2.24) is 15.0 Å². The Morgan fingerprint density at radius 3 is 2.60 bits per heavy atom. The molecule has 140 valence electrons. The van der Waals surface area contributed by atoms with Crippen LogP contribution in [0.3, 0.4) is 0 Å². The summed E-state index contributed by atoms with van der Waals surface area (Å²) < 4.78 is 1.99. The van der Waals surface area contributed by atoms with Crippen LogP contribution in [0.1, 0.15) is 84.8 Å². The highest BCUT2D eigenvalue weighted by atomic mass is 16.1. The van der Waals surface area contributed by atoms with E-state index < -0.39 is 5.41 Å². The van der Waals surface area contributed by atoms with E-state index in [1.165, 1.54) is 0 Å². The molecule has 0 aliphatic carbocycles. The van der Waals surface area contributed by atoms with Crippen molar-refractivity contribution in [2.45, 2.75) is 92.0 Å². The summed E-state index contributed by atoms with van der Waals surface area (Å²) in [5.41, 5.74) is 0.469. The number of aryl methyl sites for hydroxylation is 2. The zero-order valence-corrected chi connectivity index (χ0v) is 16.3. The van der Waals surface area contributed by atoms with E-state index in [4.69, 9.17) is 0 Å². The van der Waals surface area contributed by atoms with Crippen molar-refractivity contribution >= 4 is 11.6 Å². The van der Waals surface area contributed by atoms with Gasteiger partial charge in [0.05, 0.1) is 11.9 Å². The van der Waals surface area contributed by atoms with Crippen molar-refractivity contribution in [3.05, 3.63) is 11.9 Å². The second-order valence-corrected chi connectivity index (χ2v) is 8.21. The topological polar surface area (TPSA) is 64.8 Å². The number of hydrogen-bond acceptors (Lipinski definition) is 4. The van der Waals surface area contributed by atoms with Gasteiger partial charge in [0.2, 0.25) is 0 Å². The average Bonchev–Trinajstić information content (AvgIpc) is 3.03. The van der Waals surface area contributed by atoms with Crippen LogP contribution in [0.2, 0.25) is 0 Å². The molecule has 0 spiro atoms. The Morgan fingerprint density at radius 2 is 1.92 bits per heavy atom. The first-order valence-electron chi connectivity index (χ1n) is 9.72. The summed E-state index contributed by atoms with van der Waals surface area (Å²) in [6, 6.07) is 0. The minimum atomic E-state index is -0.410. The fourth-order valence-corrected chi connectivity index (χ4v) is 3.78. The molecule has 0 amide bonds. The zero-order chi connectivity index (χ0) is 18.5.